The van der Waals surface area contributed by atoms with Gasteiger partial charge in [-0.15, -0.1) is 5.10 Å². The first-order valence-electron chi connectivity index (χ1n) is 12.8. The van der Waals surface area contributed by atoms with E-state index in [9.17, 15) is 9.59 Å². The summed E-state index contributed by atoms with van der Waals surface area (Å²) < 4.78 is 1.56. The van der Waals surface area contributed by atoms with E-state index < -0.39 is 6.04 Å². The van der Waals surface area contributed by atoms with Crippen LogP contribution in [0.5, 0.6) is 0 Å². The molecule has 0 saturated carbocycles. The van der Waals surface area contributed by atoms with E-state index in [0.717, 1.165) is 16.8 Å². The highest BCUT2D eigenvalue weighted by Gasteiger charge is 2.32. The average molecular weight is 553 g/mol. The highest BCUT2D eigenvalue weighted by Crippen LogP contribution is 2.28. The SMILES string of the molecule is CN(C)c1ccc(NC(=O)[C@H](c2ccc(Cl)cc2)N(Cc2ccccc2)C(=O)Cn2nnc3ccccc32)cc1. The fraction of sp³-hybridized carbons (Fsp3) is 0.161. The van der Waals surface area contributed by atoms with Gasteiger partial charge < -0.3 is 15.1 Å². The molecule has 0 fully saturated rings. The molecular formula is C31H29ClN6O2. The Labute approximate surface area is 237 Å². The molecule has 8 nitrogen and oxygen atoms in total. The van der Waals surface area contributed by atoms with Crippen LogP contribution in [-0.4, -0.2) is 45.8 Å². The third-order valence-corrected chi connectivity index (χ3v) is 6.87. The molecule has 202 valence electrons. The molecule has 0 aliphatic rings. The molecule has 1 N–H and O–H groups in total. The maximum Gasteiger partial charge on any atom is 0.251 e. The van der Waals surface area contributed by atoms with E-state index in [2.05, 4.69) is 15.6 Å². The molecule has 0 radical (unpaired) electrons. The van der Waals surface area contributed by atoms with Crippen molar-refractivity contribution in [2.75, 3.05) is 24.3 Å². The molecule has 0 saturated heterocycles. The van der Waals surface area contributed by atoms with Gasteiger partial charge in [0.15, 0.2) is 0 Å². The van der Waals surface area contributed by atoms with E-state index in [-0.39, 0.29) is 24.9 Å². The van der Waals surface area contributed by atoms with E-state index >= 15 is 0 Å². The summed E-state index contributed by atoms with van der Waals surface area (Å²) in [5.74, 6) is -0.620. The van der Waals surface area contributed by atoms with E-state index in [1.165, 1.54) is 0 Å². The molecule has 9 heteroatoms. The van der Waals surface area contributed by atoms with E-state index in [0.29, 0.717) is 21.8 Å². The second-order valence-corrected chi connectivity index (χ2v) is 10.1. The van der Waals surface area contributed by atoms with Crippen molar-refractivity contribution in [3.05, 3.63) is 119 Å². The van der Waals surface area contributed by atoms with Crippen LogP contribution in [0.15, 0.2) is 103 Å². The molecule has 0 unspecified atom stereocenters. The Kier molecular flexibility index (Phi) is 8.07. The lowest BCUT2D eigenvalue weighted by atomic mass is 10.0. The summed E-state index contributed by atoms with van der Waals surface area (Å²) in [6.07, 6.45) is 0. The number of rotatable bonds is 9. The Balaban J connectivity index is 1.52. The van der Waals surface area contributed by atoms with Crippen molar-refractivity contribution in [1.82, 2.24) is 19.9 Å². The predicted molar refractivity (Wildman–Crippen MR) is 158 cm³/mol. The van der Waals surface area contributed by atoms with E-state index in [4.69, 9.17) is 11.6 Å². The molecule has 1 heterocycles. The number of halogens is 1. The van der Waals surface area contributed by atoms with Crippen LogP contribution in [0.3, 0.4) is 0 Å². The van der Waals surface area contributed by atoms with Gasteiger partial charge in [0.2, 0.25) is 5.91 Å². The smallest absolute Gasteiger partial charge is 0.251 e. The third kappa shape index (κ3) is 6.13. The van der Waals surface area contributed by atoms with Gasteiger partial charge in [0.1, 0.15) is 18.1 Å². The van der Waals surface area contributed by atoms with Crippen LogP contribution < -0.4 is 10.2 Å². The first-order chi connectivity index (χ1) is 19.4. The fourth-order valence-corrected chi connectivity index (χ4v) is 4.65. The molecular weight excluding hydrogens is 524 g/mol. The average Bonchev–Trinajstić information content (AvgIpc) is 3.37. The zero-order chi connectivity index (χ0) is 28.1. The summed E-state index contributed by atoms with van der Waals surface area (Å²) in [5.41, 5.74) is 4.60. The Hall–Kier alpha value is -4.69. The van der Waals surface area contributed by atoms with Gasteiger partial charge >= 0.3 is 0 Å². The van der Waals surface area contributed by atoms with Crippen molar-refractivity contribution in [3.63, 3.8) is 0 Å². The lowest BCUT2D eigenvalue weighted by Crippen LogP contribution is -2.42. The molecule has 0 aliphatic heterocycles. The fourth-order valence-electron chi connectivity index (χ4n) is 4.53. The van der Waals surface area contributed by atoms with E-state index in [1.807, 2.05) is 97.9 Å². The highest BCUT2D eigenvalue weighted by molar-refractivity contribution is 6.30. The molecule has 4 aromatic carbocycles. The number of para-hydroxylation sites is 1. The summed E-state index contributed by atoms with van der Waals surface area (Å²) in [5, 5.41) is 11.9. The first-order valence-corrected chi connectivity index (χ1v) is 13.2. The largest absolute Gasteiger partial charge is 0.378 e. The predicted octanol–water partition coefficient (Wildman–Crippen LogP) is 5.56. The molecule has 1 atom stereocenters. The van der Waals surface area contributed by atoms with Crippen molar-refractivity contribution < 1.29 is 9.59 Å². The van der Waals surface area contributed by atoms with Gasteiger partial charge in [-0.25, -0.2) is 4.68 Å². The van der Waals surface area contributed by atoms with Gasteiger partial charge in [-0.1, -0.05) is 71.4 Å². The molecule has 0 bridgehead atoms. The van der Waals surface area contributed by atoms with Crippen molar-refractivity contribution in [2.45, 2.75) is 19.1 Å². The summed E-state index contributed by atoms with van der Waals surface area (Å²) >= 11 is 6.18. The van der Waals surface area contributed by atoms with Gasteiger partial charge in [-0.3, -0.25) is 9.59 Å². The Bertz CT molecular complexity index is 1600. The number of hydrogen-bond acceptors (Lipinski definition) is 5. The minimum Gasteiger partial charge on any atom is -0.378 e. The number of hydrogen-bond donors (Lipinski definition) is 1. The number of nitrogens with zero attached hydrogens (tertiary/aromatic N) is 5. The Morgan fingerprint density at radius 1 is 0.875 bits per heavy atom. The first kappa shape index (κ1) is 26.9. The monoisotopic (exact) mass is 552 g/mol. The number of carbonyl (C=O) groups is 2. The maximum absolute atomic E-state index is 14.0. The number of nitrogens with one attached hydrogen (secondary N) is 1. The summed E-state index contributed by atoms with van der Waals surface area (Å²) in [6, 6.07) is 30.7. The summed E-state index contributed by atoms with van der Waals surface area (Å²) in [4.78, 5) is 31.6. The molecule has 0 spiro atoms. The zero-order valence-corrected chi connectivity index (χ0v) is 23.0. The van der Waals surface area contributed by atoms with Crippen molar-refractivity contribution >= 4 is 45.8 Å². The third-order valence-electron chi connectivity index (χ3n) is 6.62. The lowest BCUT2D eigenvalue weighted by Gasteiger charge is -2.31. The van der Waals surface area contributed by atoms with Gasteiger partial charge in [-0.2, -0.15) is 0 Å². The van der Waals surface area contributed by atoms with Crippen LogP contribution in [0.1, 0.15) is 17.2 Å². The molecule has 2 amide bonds. The molecule has 40 heavy (non-hydrogen) atoms. The number of amides is 2. The zero-order valence-electron chi connectivity index (χ0n) is 22.2. The quantitative estimate of drug-likeness (QED) is 0.259. The molecule has 5 rings (SSSR count). The van der Waals surface area contributed by atoms with Crippen LogP contribution >= 0.6 is 11.6 Å². The van der Waals surface area contributed by atoms with Crippen molar-refractivity contribution in [1.29, 1.82) is 0 Å². The van der Waals surface area contributed by atoms with Crippen LogP contribution in [0, 0.1) is 0 Å². The number of benzene rings is 4. The van der Waals surface area contributed by atoms with Crippen LogP contribution in [0.4, 0.5) is 11.4 Å². The lowest BCUT2D eigenvalue weighted by molar-refractivity contribution is -0.140. The van der Waals surface area contributed by atoms with Crippen LogP contribution in [0.25, 0.3) is 11.0 Å². The maximum atomic E-state index is 14.0. The standard InChI is InChI=1S/C31H29ClN6O2/c1-36(2)26-18-16-25(17-19-26)33-31(40)30(23-12-14-24(32)15-13-23)37(20-22-8-4-3-5-9-22)29(39)21-38-28-11-7-6-10-27(28)34-35-38/h3-19,30H,20-21H2,1-2H3,(H,33,40)/t30-/m0/s1. The Morgan fingerprint density at radius 3 is 2.25 bits per heavy atom. The summed E-state index contributed by atoms with van der Waals surface area (Å²) in [7, 11) is 3.91. The van der Waals surface area contributed by atoms with Crippen molar-refractivity contribution in [3.8, 4) is 0 Å². The minimum absolute atomic E-state index is 0.0811. The second kappa shape index (κ2) is 12.0. The van der Waals surface area contributed by atoms with Crippen LogP contribution in [-0.2, 0) is 22.7 Å². The van der Waals surface area contributed by atoms with Gasteiger partial charge in [0.05, 0.1) is 5.52 Å². The normalized spacial score (nSPS) is 11.7. The number of fused-ring (bicyclic) bond motifs is 1. The Morgan fingerprint density at radius 2 is 1.55 bits per heavy atom. The number of aromatic nitrogens is 3. The molecule has 1 aromatic heterocycles. The minimum atomic E-state index is -0.937. The molecule has 5 aromatic rings. The van der Waals surface area contributed by atoms with Gasteiger partial charge in [0.25, 0.3) is 5.91 Å². The topological polar surface area (TPSA) is 83.4 Å². The van der Waals surface area contributed by atoms with Gasteiger partial charge in [-0.05, 0) is 59.7 Å². The highest BCUT2D eigenvalue weighted by atomic mass is 35.5. The number of anilines is 2. The summed E-state index contributed by atoms with van der Waals surface area (Å²) in [6.45, 7) is 0.134. The number of carbonyl (C=O) groups excluding carboxylic acids is 2. The van der Waals surface area contributed by atoms with E-state index in [1.54, 1.807) is 33.8 Å². The van der Waals surface area contributed by atoms with Crippen LogP contribution in [0.2, 0.25) is 5.02 Å². The van der Waals surface area contributed by atoms with Crippen molar-refractivity contribution in [2.24, 2.45) is 0 Å². The van der Waals surface area contributed by atoms with Gasteiger partial charge in [0, 0.05) is 37.0 Å². The second-order valence-electron chi connectivity index (χ2n) is 9.63. The molecule has 0 aliphatic carbocycles.